The van der Waals surface area contributed by atoms with Crippen LogP contribution in [0.15, 0.2) is 46.2 Å². The predicted molar refractivity (Wildman–Crippen MR) is 123 cm³/mol. The number of carboxylic acid groups (broad SMARTS) is 2. The summed E-state index contributed by atoms with van der Waals surface area (Å²) in [7, 11) is -8.58. The lowest BCUT2D eigenvalue weighted by Gasteiger charge is -2.32. The lowest BCUT2D eigenvalue weighted by molar-refractivity contribution is 0.0682. The van der Waals surface area contributed by atoms with Crippen LogP contribution in [0.2, 0.25) is 0 Å². The standard InChI is InChI=1S/C22H26N2O8S2/c1-13-7-9-19(15(11-13)21(25)26)33(29,30)23-17-5-3-4-6-18(17)24-34(31,32)20-10-8-14(2)12-16(20)22(27)28/h7-12,17-18,23-24H,3-6H2,1-2H3,(H,25,26)(H,27,28)/t17-,18-/m1/s1. The van der Waals surface area contributed by atoms with Crippen LogP contribution in [-0.2, 0) is 20.0 Å². The van der Waals surface area contributed by atoms with E-state index >= 15 is 0 Å². The molecule has 0 radical (unpaired) electrons. The summed E-state index contributed by atoms with van der Waals surface area (Å²) in [6, 6.07) is 6.17. The summed E-state index contributed by atoms with van der Waals surface area (Å²) in [5.41, 5.74) is 0.386. The second-order valence-electron chi connectivity index (χ2n) is 8.35. The summed E-state index contributed by atoms with van der Waals surface area (Å²) < 4.78 is 57.2. The van der Waals surface area contributed by atoms with Gasteiger partial charge < -0.3 is 10.2 Å². The molecule has 1 fully saturated rings. The van der Waals surface area contributed by atoms with Crippen molar-refractivity contribution in [3.8, 4) is 0 Å². The molecule has 0 aromatic heterocycles. The normalized spacial score (nSPS) is 19.0. The zero-order valence-corrected chi connectivity index (χ0v) is 20.2. The molecule has 184 valence electrons. The number of rotatable bonds is 8. The molecule has 2 atom stereocenters. The molecule has 3 rings (SSSR count). The van der Waals surface area contributed by atoms with Gasteiger partial charge in [0.05, 0.1) is 20.9 Å². The number of aryl methyl sites for hydroxylation is 2. The first kappa shape index (κ1) is 25.8. The number of hydrogen-bond donors (Lipinski definition) is 4. The van der Waals surface area contributed by atoms with E-state index in [1.807, 2.05) is 0 Å². The molecule has 0 spiro atoms. The molecule has 4 N–H and O–H groups in total. The van der Waals surface area contributed by atoms with Crippen molar-refractivity contribution in [2.45, 2.75) is 61.4 Å². The van der Waals surface area contributed by atoms with Gasteiger partial charge in [-0.25, -0.2) is 35.9 Å². The summed E-state index contributed by atoms with van der Waals surface area (Å²) in [5.74, 6) is -2.80. The maximum atomic E-state index is 13.1. The minimum Gasteiger partial charge on any atom is -0.478 e. The number of hydrogen-bond acceptors (Lipinski definition) is 6. The zero-order chi connectivity index (χ0) is 25.3. The molecule has 0 saturated heterocycles. The van der Waals surface area contributed by atoms with E-state index in [0.717, 1.165) is 0 Å². The van der Waals surface area contributed by atoms with Crippen LogP contribution >= 0.6 is 0 Å². The average molecular weight is 511 g/mol. The van der Waals surface area contributed by atoms with Crippen molar-refractivity contribution in [1.82, 2.24) is 9.44 Å². The number of sulfonamides is 2. The van der Waals surface area contributed by atoms with Crippen molar-refractivity contribution in [2.24, 2.45) is 0 Å². The molecule has 1 aliphatic carbocycles. The Labute approximate surface area is 198 Å². The Bertz CT molecular complexity index is 1230. The molecular weight excluding hydrogens is 484 g/mol. The topological polar surface area (TPSA) is 167 Å². The van der Waals surface area contributed by atoms with Gasteiger partial charge in [0.1, 0.15) is 0 Å². The van der Waals surface area contributed by atoms with Crippen LogP contribution in [0.1, 0.15) is 57.5 Å². The number of carboxylic acids is 2. The molecule has 0 aliphatic heterocycles. The number of benzene rings is 2. The van der Waals surface area contributed by atoms with Gasteiger partial charge in [-0.3, -0.25) is 0 Å². The Morgan fingerprint density at radius 2 is 1.09 bits per heavy atom. The van der Waals surface area contributed by atoms with Crippen molar-refractivity contribution in [1.29, 1.82) is 0 Å². The van der Waals surface area contributed by atoms with Gasteiger partial charge in [0, 0.05) is 12.1 Å². The monoisotopic (exact) mass is 510 g/mol. The van der Waals surface area contributed by atoms with Crippen LogP contribution in [0.5, 0.6) is 0 Å². The number of carbonyl (C=O) groups is 2. The lowest BCUT2D eigenvalue weighted by Crippen LogP contribution is -2.53. The Balaban J connectivity index is 1.92. The van der Waals surface area contributed by atoms with Crippen LogP contribution in [0.3, 0.4) is 0 Å². The molecule has 0 bridgehead atoms. The van der Waals surface area contributed by atoms with E-state index in [2.05, 4.69) is 9.44 Å². The van der Waals surface area contributed by atoms with Crippen LogP contribution in [0.4, 0.5) is 0 Å². The van der Waals surface area contributed by atoms with E-state index in [9.17, 15) is 36.6 Å². The molecule has 0 unspecified atom stereocenters. The number of nitrogens with one attached hydrogen (secondary N) is 2. The van der Waals surface area contributed by atoms with Crippen LogP contribution in [0.25, 0.3) is 0 Å². The third kappa shape index (κ3) is 5.63. The molecule has 0 heterocycles. The van der Waals surface area contributed by atoms with E-state index < -0.39 is 53.9 Å². The Hall–Kier alpha value is -2.80. The van der Waals surface area contributed by atoms with Gasteiger partial charge in [0.15, 0.2) is 0 Å². The van der Waals surface area contributed by atoms with Gasteiger partial charge in [-0.2, -0.15) is 0 Å². The number of aromatic carboxylic acids is 2. The molecule has 34 heavy (non-hydrogen) atoms. The molecular formula is C22H26N2O8S2. The largest absolute Gasteiger partial charge is 0.478 e. The first-order chi connectivity index (χ1) is 15.8. The Kier molecular flexibility index (Phi) is 7.46. The van der Waals surface area contributed by atoms with Gasteiger partial charge >= 0.3 is 11.9 Å². The maximum absolute atomic E-state index is 13.1. The average Bonchev–Trinajstić information content (AvgIpc) is 2.74. The van der Waals surface area contributed by atoms with Gasteiger partial charge in [-0.05, 0) is 51.0 Å². The summed E-state index contributed by atoms with van der Waals surface area (Å²) in [5, 5.41) is 18.9. The summed E-state index contributed by atoms with van der Waals surface area (Å²) >= 11 is 0. The lowest BCUT2D eigenvalue weighted by atomic mass is 9.92. The van der Waals surface area contributed by atoms with E-state index in [1.54, 1.807) is 13.8 Å². The van der Waals surface area contributed by atoms with Crippen LogP contribution < -0.4 is 9.44 Å². The van der Waals surface area contributed by atoms with Crippen molar-refractivity contribution in [2.75, 3.05) is 0 Å². The third-order valence-electron chi connectivity index (χ3n) is 5.69. The van der Waals surface area contributed by atoms with Crippen molar-refractivity contribution >= 4 is 32.0 Å². The second-order valence-corrected chi connectivity index (χ2v) is 11.7. The van der Waals surface area contributed by atoms with E-state index in [-0.39, 0.29) is 11.1 Å². The van der Waals surface area contributed by atoms with Crippen molar-refractivity contribution < 1.29 is 36.6 Å². The minimum absolute atomic E-state index is 0.320. The van der Waals surface area contributed by atoms with E-state index in [4.69, 9.17) is 0 Å². The second kappa shape index (κ2) is 9.82. The highest BCUT2D eigenvalue weighted by atomic mass is 32.2. The molecule has 2 aromatic carbocycles. The molecule has 0 amide bonds. The smallest absolute Gasteiger partial charge is 0.337 e. The highest BCUT2D eigenvalue weighted by Gasteiger charge is 2.35. The van der Waals surface area contributed by atoms with Gasteiger partial charge in [0.2, 0.25) is 20.0 Å². The predicted octanol–water partition coefficient (Wildman–Crippen LogP) is 2.27. The summed E-state index contributed by atoms with van der Waals surface area (Å²) in [6.07, 6.45) is 1.91. The fraction of sp³-hybridized carbons (Fsp3) is 0.364. The SMILES string of the molecule is Cc1ccc(S(=O)(=O)N[C@@H]2CCCC[C@H]2NS(=O)(=O)c2ccc(C)cc2C(=O)O)c(C(=O)O)c1. The summed E-state index contributed by atoms with van der Waals surface area (Å²) in [4.78, 5) is 22.4. The van der Waals surface area contributed by atoms with Crippen molar-refractivity contribution in [3.05, 3.63) is 58.7 Å². The first-order valence-corrected chi connectivity index (χ1v) is 13.5. The maximum Gasteiger partial charge on any atom is 0.337 e. The molecule has 2 aromatic rings. The Morgan fingerprint density at radius 3 is 1.41 bits per heavy atom. The molecule has 1 aliphatic rings. The third-order valence-corrected chi connectivity index (χ3v) is 8.79. The first-order valence-electron chi connectivity index (χ1n) is 10.5. The summed E-state index contributed by atoms with van der Waals surface area (Å²) in [6.45, 7) is 3.28. The molecule has 10 nitrogen and oxygen atoms in total. The molecule has 1 saturated carbocycles. The fourth-order valence-electron chi connectivity index (χ4n) is 4.03. The van der Waals surface area contributed by atoms with Crippen LogP contribution in [-0.4, -0.2) is 51.1 Å². The van der Waals surface area contributed by atoms with E-state index in [0.29, 0.717) is 36.8 Å². The van der Waals surface area contributed by atoms with Gasteiger partial charge in [-0.15, -0.1) is 0 Å². The highest BCUT2D eigenvalue weighted by Crippen LogP contribution is 2.25. The fourth-order valence-corrected chi connectivity index (χ4v) is 7.01. The molecule has 12 heteroatoms. The van der Waals surface area contributed by atoms with Gasteiger partial charge in [-0.1, -0.05) is 36.1 Å². The Morgan fingerprint density at radius 1 is 0.735 bits per heavy atom. The van der Waals surface area contributed by atoms with Gasteiger partial charge in [0.25, 0.3) is 0 Å². The zero-order valence-electron chi connectivity index (χ0n) is 18.6. The van der Waals surface area contributed by atoms with Crippen molar-refractivity contribution in [3.63, 3.8) is 0 Å². The quantitative estimate of drug-likeness (QED) is 0.419. The minimum atomic E-state index is -4.29. The highest BCUT2D eigenvalue weighted by molar-refractivity contribution is 7.90. The van der Waals surface area contributed by atoms with Crippen LogP contribution in [0, 0.1) is 13.8 Å². The van der Waals surface area contributed by atoms with E-state index in [1.165, 1.54) is 36.4 Å².